The summed E-state index contributed by atoms with van der Waals surface area (Å²) in [5.41, 5.74) is 8.43. The second-order valence-electron chi connectivity index (χ2n) is 5.40. The molecule has 0 bridgehead atoms. The number of aryl methyl sites for hydroxylation is 2. The van der Waals surface area contributed by atoms with Crippen LogP contribution in [0.5, 0.6) is 0 Å². The standard InChI is InChI=1S/C18H18N4O2/c1-12-10-17(14(3)24-12)18(23)21-20-13(2)15-4-6-16(7-5-15)22-9-8-19-11-22/h4-11,20H,2H2,1,3H3,(H,21,23). The molecule has 2 aromatic heterocycles. The Kier molecular flexibility index (Phi) is 4.20. The zero-order valence-electron chi connectivity index (χ0n) is 13.5. The molecule has 0 aliphatic heterocycles. The number of aromatic nitrogens is 2. The molecule has 6 heteroatoms. The van der Waals surface area contributed by atoms with Crippen molar-refractivity contribution < 1.29 is 9.21 Å². The molecular formula is C18H18N4O2. The Morgan fingerprint density at radius 1 is 1.21 bits per heavy atom. The zero-order chi connectivity index (χ0) is 17.1. The Bertz CT molecular complexity index is 861. The van der Waals surface area contributed by atoms with Crippen LogP contribution in [-0.2, 0) is 0 Å². The number of carbonyl (C=O) groups is 1. The molecule has 0 fully saturated rings. The van der Waals surface area contributed by atoms with Gasteiger partial charge in [0.2, 0.25) is 0 Å². The van der Waals surface area contributed by atoms with E-state index in [4.69, 9.17) is 4.42 Å². The lowest BCUT2D eigenvalue weighted by Crippen LogP contribution is -2.35. The topological polar surface area (TPSA) is 72.1 Å². The molecule has 2 heterocycles. The summed E-state index contributed by atoms with van der Waals surface area (Å²) in [4.78, 5) is 16.2. The van der Waals surface area contributed by atoms with Gasteiger partial charge in [-0.2, -0.15) is 0 Å². The minimum absolute atomic E-state index is 0.263. The third kappa shape index (κ3) is 3.22. The van der Waals surface area contributed by atoms with Crippen LogP contribution >= 0.6 is 0 Å². The minimum atomic E-state index is -0.263. The molecule has 0 aliphatic carbocycles. The summed E-state index contributed by atoms with van der Waals surface area (Å²) in [5.74, 6) is 1.02. The maximum atomic E-state index is 12.1. The molecule has 0 radical (unpaired) electrons. The fraction of sp³-hybridized carbons (Fsp3) is 0.111. The second-order valence-corrected chi connectivity index (χ2v) is 5.40. The van der Waals surface area contributed by atoms with Gasteiger partial charge in [0.15, 0.2) is 0 Å². The highest BCUT2D eigenvalue weighted by atomic mass is 16.3. The van der Waals surface area contributed by atoms with Crippen molar-refractivity contribution in [2.75, 3.05) is 0 Å². The van der Waals surface area contributed by atoms with E-state index < -0.39 is 0 Å². The first kappa shape index (κ1) is 15.6. The van der Waals surface area contributed by atoms with Crippen molar-refractivity contribution in [2.45, 2.75) is 13.8 Å². The number of hydrogen-bond acceptors (Lipinski definition) is 4. The first-order valence-corrected chi connectivity index (χ1v) is 7.45. The number of benzene rings is 1. The molecule has 122 valence electrons. The molecule has 0 saturated heterocycles. The van der Waals surface area contributed by atoms with E-state index in [1.54, 1.807) is 32.4 Å². The first-order chi connectivity index (χ1) is 11.5. The lowest BCUT2D eigenvalue weighted by atomic mass is 10.1. The van der Waals surface area contributed by atoms with E-state index in [-0.39, 0.29) is 5.91 Å². The van der Waals surface area contributed by atoms with E-state index in [9.17, 15) is 4.79 Å². The van der Waals surface area contributed by atoms with Crippen LogP contribution in [0.2, 0.25) is 0 Å². The molecule has 6 nitrogen and oxygen atoms in total. The highest BCUT2D eigenvalue weighted by molar-refractivity contribution is 5.95. The van der Waals surface area contributed by atoms with Gasteiger partial charge in [-0.05, 0) is 37.6 Å². The number of rotatable bonds is 5. The van der Waals surface area contributed by atoms with Gasteiger partial charge in [-0.3, -0.25) is 15.6 Å². The molecule has 24 heavy (non-hydrogen) atoms. The van der Waals surface area contributed by atoms with E-state index in [2.05, 4.69) is 22.4 Å². The van der Waals surface area contributed by atoms with E-state index in [1.165, 1.54) is 0 Å². The number of hydrogen-bond donors (Lipinski definition) is 2. The molecule has 1 aromatic carbocycles. The molecule has 0 unspecified atom stereocenters. The van der Waals surface area contributed by atoms with Crippen LogP contribution in [0.1, 0.15) is 27.4 Å². The molecule has 0 aliphatic rings. The van der Waals surface area contributed by atoms with Gasteiger partial charge in [-0.15, -0.1) is 0 Å². The summed E-state index contributed by atoms with van der Waals surface area (Å²) >= 11 is 0. The predicted molar refractivity (Wildman–Crippen MR) is 91.4 cm³/mol. The van der Waals surface area contributed by atoms with E-state index in [0.29, 0.717) is 22.8 Å². The van der Waals surface area contributed by atoms with Gasteiger partial charge < -0.3 is 8.98 Å². The lowest BCUT2D eigenvalue weighted by Gasteiger charge is -2.11. The van der Waals surface area contributed by atoms with Gasteiger partial charge in [-0.1, -0.05) is 18.7 Å². The summed E-state index contributed by atoms with van der Waals surface area (Å²) in [6, 6.07) is 9.45. The summed E-state index contributed by atoms with van der Waals surface area (Å²) in [6.45, 7) is 7.50. The average molecular weight is 322 g/mol. The van der Waals surface area contributed by atoms with Crippen LogP contribution in [-0.4, -0.2) is 15.5 Å². The molecule has 0 atom stereocenters. The molecule has 1 amide bonds. The Morgan fingerprint density at radius 2 is 1.96 bits per heavy atom. The van der Waals surface area contributed by atoms with Crippen molar-refractivity contribution >= 4 is 11.6 Å². The number of carbonyl (C=O) groups excluding carboxylic acids is 1. The Balaban J connectivity index is 1.63. The number of furan rings is 1. The number of nitrogens with zero attached hydrogens (tertiary/aromatic N) is 2. The Labute approximate surface area is 139 Å². The average Bonchev–Trinajstić information content (AvgIpc) is 3.22. The quantitative estimate of drug-likeness (QED) is 0.708. The monoisotopic (exact) mass is 322 g/mol. The van der Waals surface area contributed by atoms with Gasteiger partial charge in [-0.25, -0.2) is 4.98 Å². The van der Waals surface area contributed by atoms with Crippen molar-refractivity contribution in [1.29, 1.82) is 0 Å². The van der Waals surface area contributed by atoms with Gasteiger partial charge in [0, 0.05) is 18.1 Å². The number of nitrogens with one attached hydrogen (secondary N) is 2. The molecule has 2 N–H and O–H groups in total. The van der Waals surface area contributed by atoms with Gasteiger partial charge in [0.05, 0.1) is 17.6 Å². The van der Waals surface area contributed by atoms with Crippen molar-refractivity contribution in [1.82, 2.24) is 20.4 Å². The first-order valence-electron chi connectivity index (χ1n) is 7.45. The van der Waals surface area contributed by atoms with E-state index in [0.717, 1.165) is 11.3 Å². The van der Waals surface area contributed by atoms with Crippen LogP contribution in [0, 0.1) is 13.8 Å². The summed E-state index contributed by atoms with van der Waals surface area (Å²) < 4.78 is 7.27. The highest BCUT2D eigenvalue weighted by Crippen LogP contribution is 2.15. The zero-order valence-corrected chi connectivity index (χ0v) is 13.5. The molecule has 3 aromatic rings. The largest absolute Gasteiger partial charge is 0.466 e. The Hall–Kier alpha value is -3.28. The maximum absolute atomic E-state index is 12.1. The van der Waals surface area contributed by atoms with E-state index in [1.807, 2.05) is 35.0 Å². The van der Waals surface area contributed by atoms with Crippen LogP contribution in [0.3, 0.4) is 0 Å². The van der Waals surface area contributed by atoms with E-state index >= 15 is 0 Å². The third-order valence-electron chi connectivity index (χ3n) is 3.63. The minimum Gasteiger partial charge on any atom is -0.466 e. The fourth-order valence-corrected chi connectivity index (χ4v) is 2.37. The van der Waals surface area contributed by atoms with Crippen molar-refractivity contribution in [3.63, 3.8) is 0 Å². The van der Waals surface area contributed by atoms with Crippen molar-refractivity contribution in [2.24, 2.45) is 0 Å². The van der Waals surface area contributed by atoms with Crippen molar-refractivity contribution in [3.8, 4) is 5.69 Å². The fourth-order valence-electron chi connectivity index (χ4n) is 2.37. The number of amides is 1. The number of imidazole rings is 1. The van der Waals surface area contributed by atoms with Gasteiger partial charge in [0.1, 0.15) is 11.5 Å². The smallest absolute Gasteiger partial charge is 0.273 e. The lowest BCUT2D eigenvalue weighted by molar-refractivity contribution is 0.0941. The molecular weight excluding hydrogens is 304 g/mol. The van der Waals surface area contributed by atoms with Crippen molar-refractivity contribution in [3.05, 3.63) is 78.3 Å². The molecule has 3 rings (SSSR count). The molecule has 0 saturated carbocycles. The summed E-state index contributed by atoms with van der Waals surface area (Å²) in [5, 5.41) is 0. The number of hydrazine groups is 1. The van der Waals surface area contributed by atoms with Crippen LogP contribution < -0.4 is 10.9 Å². The summed E-state index contributed by atoms with van der Waals surface area (Å²) in [6.07, 6.45) is 5.33. The maximum Gasteiger partial charge on any atom is 0.273 e. The van der Waals surface area contributed by atoms with Gasteiger partial charge >= 0.3 is 0 Å². The molecule has 0 spiro atoms. The van der Waals surface area contributed by atoms with Crippen LogP contribution in [0.15, 0.2) is 60.0 Å². The second kappa shape index (κ2) is 6.45. The summed E-state index contributed by atoms with van der Waals surface area (Å²) in [7, 11) is 0. The Morgan fingerprint density at radius 3 is 2.54 bits per heavy atom. The predicted octanol–water partition coefficient (Wildman–Crippen LogP) is 2.99. The SMILES string of the molecule is C=C(NNC(=O)c1cc(C)oc1C)c1ccc(-n2ccnc2)cc1. The van der Waals surface area contributed by atoms with Crippen LogP contribution in [0.25, 0.3) is 11.4 Å². The third-order valence-corrected chi connectivity index (χ3v) is 3.63. The normalized spacial score (nSPS) is 10.4. The van der Waals surface area contributed by atoms with Crippen LogP contribution in [0.4, 0.5) is 0 Å². The van der Waals surface area contributed by atoms with Gasteiger partial charge in [0.25, 0.3) is 5.91 Å². The highest BCUT2D eigenvalue weighted by Gasteiger charge is 2.13.